The predicted molar refractivity (Wildman–Crippen MR) is 109 cm³/mol. The van der Waals surface area contributed by atoms with Gasteiger partial charge in [0, 0.05) is 38.2 Å². The Morgan fingerprint density at radius 3 is 2.59 bits per heavy atom. The Morgan fingerprint density at radius 2 is 1.90 bits per heavy atom. The van der Waals surface area contributed by atoms with Gasteiger partial charge in [0.1, 0.15) is 0 Å². The maximum Gasteiger partial charge on any atom is 0.321 e. The number of amides is 2. The maximum absolute atomic E-state index is 14.1. The van der Waals surface area contributed by atoms with Crippen molar-refractivity contribution in [2.24, 2.45) is 5.92 Å². The van der Waals surface area contributed by atoms with Crippen LogP contribution in [0.2, 0.25) is 5.02 Å². The number of carbonyl (C=O) groups excluding carboxylic acids is 1. The number of nitrogens with zero attached hydrogens (tertiary/aromatic N) is 2. The van der Waals surface area contributed by atoms with Crippen molar-refractivity contribution in [1.82, 2.24) is 9.80 Å². The summed E-state index contributed by atoms with van der Waals surface area (Å²) in [6, 6.07) is 6.72. The van der Waals surface area contributed by atoms with E-state index < -0.39 is 5.92 Å². The zero-order chi connectivity index (χ0) is 20.4. The number of ether oxygens (including phenoxy) is 1. The molecule has 160 valence electrons. The summed E-state index contributed by atoms with van der Waals surface area (Å²) in [7, 11) is 0. The van der Waals surface area contributed by atoms with Crippen LogP contribution in [0.15, 0.2) is 24.3 Å². The summed E-state index contributed by atoms with van der Waals surface area (Å²) < 4.78 is 33.9. The molecular weight excluding hydrogens is 400 g/mol. The third kappa shape index (κ3) is 5.38. The molecule has 0 bridgehead atoms. The summed E-state index contributed by atoms with van der Waals surface area (Å²) in [5.41, 5.74) is 0.577. The minimum atomic E-state index is -2.66. The summed E-state index contributed by atoms with van der Waals surface area (Å²) in [6.45, 7) is 1.94. The molecule has 0 unspecified atom stereocenters. The van der Waals surface area contributed by atoms with Crippen molar-refractivity contribution in [2.75, 3.05) is 38.2 Å². The molecule has 2 aliphatic heterocycles. The molecule has 29 heavy (non-hydrogen) atoms. The molecule has 2 heterocycles. The van der Waals surface area contributed by atoms with E-state index >= 15 is 0 Å². The summed E-state index contributed by atoms with van der Waals surface area (Å²) in [5, 5.41) is 3.32. The molecule has 5 nitrogen and oxygen atoms in total. The number of hydrogen-bond donors (Lipinski definition) is 1. The highest BCUT2D eigenvalue weighted by Crippen LogP contribution is 2.36. The van der Waals surface area contributed by atoms with Crippen molar-refractivity contribution in [1.29, 1.82) is 0 Å². The number of piperidine rings is 1. The molecule has 3 aliphatic rings. The first kappa shape index (κ1) is 20.8. The van der Waals surface area contributed by atoms with E-state index in [9.17, 15) is 13.6 Å². The van der Waals surface area contributed by atoms with Gasteiger partial charge in [-0.05, 0) is 43.7 Å². The second-order valence-electron chi connectivity index (χ2n) is 8.50. The monoisotopic (exact) mass is 427 g/mol. The van der Waals surface area contributed by atoms with Gasteiger partial charge in [0.05, 0.1) is 23.9 Å². The van der Waals surface area contributed by atoms with Gasteiger partial charge < -0.3 is 15.0 Å². The lowest BCUT2D eigenvalue weighted by atomic mass is 10.0. The number of benzene rings is 1. The van der Waals surface area contributed by atoms with Gasteiger partial charge in [-0.2, -0.15) is 0 Å². The van der Waals surface area contributed by atoms with Crippen LogP contribution in [-0.4, -0.2) is 66.7 Å². The number of carbonyl (C=O) groups is 1. The number of anilines is 1. The average molecular weight is 428 g/mol. The molecule has 2 saturated heterocycles. The van der Waals surface area contributed by atoms with Crippen molar-refractivity contribution in [3.05, 3.63) is 29.3 Å². The molecule has 1 N–H and O–H groups in total. The highest BCUT2D eigenvalue weighted by Gasteiger charge is 2.47. The van der Waals surface area contributed by atoms with Gasteiger partial charge in [-0.3, -0.25) is 4.90 Å². The Labute approximate surface area is 175 Å². The lowest BCUT2D eigenvalue weighted by Gasteiger charge is -2.39. The van der Waals surface area contributed by atoms with Gasteiger partial charge in [-0.1, -0.05) is 23.7 Å². The molecule has 1 aromatic rings. The minimum absolute atomic E-state index is 0.0577. The summed E-state index contributed by atoms with van der Waals surface area (Å²) in [5.74, 6) is -2.03. The Bertz CT molecular complexity index is 724. The van der Waals surface area contributed by atoms with Crippen LogP contribution in [0.4, 0.5) is 19.3 Å². The van der Waals surface area contributed by atoms with E-state index in [-0.39, 0.29) is 31.1 Å². The van der Waals surface area contributed by atoms with E-state index in [1.165, 1.54) is 12.8 Å². The number of likely N-dealkylation sites (tertiary alicyclic amines) is 2. The molecule has 1 saturated carbocycles. The van der Waals surface area contributed by atoms with E-state index in [1.807, 2.05) is 11.0 Å². The van der Waals surface area contributed by atoms with E-state index in [4.69, 9.17) is 16.3 Å². The molecular formula is C21H28ClF2N3O2. The van der Waals surface area contributed by atoms with Crippen LogP contribution in [0.1, 0.15) is 32.1 Å². The van der Waals surface area contributed by atoms with E-state index in [2.05, 4.69) is 5.32 Å². The largest absolute Gasteiger partial charge is 0.380 e. The quantitative estimate of drug-likeness (QED) is 0.728. The molecule has 1 aromatic carbocycles. The third-order valence-corrected chi connectivity index (χ3v) is 6.44. The fraction of sp³-hybridized carbons (Fsp3) is 0.667. The third-order valence-electron chi connectivity index (χ3n) is 6.11. The maximum atomic E-state index is 14.1. The van der Waals surface area contributed by atoms with Crippen LogP contribution in [-0.2, 0) is 4.74 Å². The normalized spacial score (nSPS) is 25.3. The fourth-order valence-corrected chi connectivity index (χ4v) is 4.50. The summed E-state index contributed by atoms with van der Waals surface area (Å²) in [4.78, 5) is 16.2. The van der Waals surface area contributed by atoms with Crippen molar-refractivity contribution >= 4 is 23.3 Å². The highest BCUT2D eigenvalue weighted by molar-refractivity contribution is 6.33. The molecule has 2 amide bonds. The first-order chi connectivity index (χ1) is 13.9. The Kier molecular flexibility index (Phi) is 6.27. The first-order valence-electron chi connectivity index (χ1n) is 10.4. The van der Waals surface area contributed by atoms with Crippen LogP contribution in [0.25, 0.3) is 0 Å². The summed E-state index contributed by atoms with van der Waals surface area (Å²) >= 11 is 6.10. The number of nitrogens with one attached hydrogen (secondary N) is 1. The lowest BCUT2D eigenvalue weighted by Crippen LogP contribution is -2.50. The average Bonchev–Trinajstić information content (AvgIpc) is 3.46. The predicted octanol–water partition coefficient (Wildman–Crippen LogP) is 4.47. The first-order valence-corrected chi connectivity index (χ1v) is 10.8. The Balaban J connectivity index is 1.29. The second kappa shape index (κ2) is 8.74. The molecule has 3 fully saturated rings. The molecule has 1 atom stereocenters. The fourth-order valence-electron chi connectivity index (χ4n) is 4.32. The van der Waals surface area contributed by atoms with Crippen molar-refractivity contribution in [3.8, 4) is 0 Å². The smallest absolute Gasteiger partial charge is 0.321 e. The Morgan fingerprint density at radius 1 is 1.17 bits per heavy atom. The molecule has 8 heteroatoms. The standard InChI is InChI=1S/C21H28ClF2N3O2/c22-18-3-1-2-4-19(18)25-20(28)26-9-7-16(8-10-26)27-14-21(23,24)11-17(27)13-29-12-15-5-6-15/h1-4,15-17H,5-14H2,(H,25,28)/t17-/m0/s1. The van der Waals surface area contributed by atoms with Crippen molar-refractivity contribution in [3.63, 3.8) is 0 Å². The minimum Gasteiger partial charge on any atom is -0.380 e. The van der Waals surface area contributed by atoms with Crippen LogP contribution in [0.5, 0.6) is 0 Å². The van der Waals surface area contributed by atoms with E-state index in [1.54, 1.807) is 23.1 Å². The number of para-hydroxylation sites is 1. The van der Waals surface area contributed by atoms with Gasteiger partial charge in [0.2, 0.25) is 0 Å². The number of hydrogen-bond acceptors (Lipinski definition) is 3. The van der Waals surface area contributed by atoms with Crippen molar-refractivity contribution < 1.29 is 18.3 Å². The van der Waals surface area contributed by atoms with Gasteiger partial charge >= 0.3 is 6.03 Å². The van der Waals surface area contributed by atoms with Crippen molar-refractivity contribution in [2.45, 2.75) is 50.1 Å². The van der Waals surface area contributed by atoms with Crippen LogP contribution in [0, 0.1) is 5.92 Å². The van der Waals surface area contributed by atoms with E-state index in [0.29, 0.717) is 55.8 Å². The van der Waals surface area contributed by atoms with Crippen LogP contribution in [0.3, 0.4) is 0 Å². The Hall–Kier alpha value is -1.44. The van der Waals surface area contributed by atoms with Crippen LogP contribution < -0.4 is 5.32 Å². The SMILES string of the molecule is O=C(Nc1ccccc1Cl)N1CCC(N2CC(F)(F)C[C@H]2COCC2CC2)CC1. The number of rotatable bonds is 6. The number of halogens is 3. The van der Waals surface area contributed by atoms with E-state index in [0.717, 1.165) is 0 Å². The highest BCUT2D eigenvalue weighted by atomic mass is 35.5. The number of alkyl halides is 2. The van der Waals surface area contributed by atoms with Gasteiger partial charge in [0.15, 0.2) is 0 Å². The lowest BCUT2D eigenvalue weighted by molar-refractivity contribution is 0.00378. The van der Waals surface area contributed by atoms with Gasteiger partial charge in [-0.25, -0.2) is 13.6 Å². The van der Waals surface area contributed by atoms with Gasteiger partial charge in [-0.15, -0.1) is 0 Å². The molecule has 4 rings (SSSR count). The molecule has 1 aliphatic carbocycles. The molecule has 0 spiro atoms. The zero-order valence-corrected chi connectivity index (χ0v) is 17.2. The zero-order valence-electron chi connectivity index (χ0n) is 16.5. The molecule has 0 radical (unpaired) electrons. The second-order valence-corrected chi connectivity index (χ2v) is 8.90. The topological polar surface area (TPSA) is 44.8 Å². The number of urea groups is 1. The molecule has 0 aromatic heterocycles. The van der Waals surface area contributed by atoms with Crippen LogP contribution >= 0.6 is 11.6 Å². The summed E-state index contributed by atoms with van der Waals surface area (Å²) in [6.07, 6.45) is 3.62. The van der Waals surface area contributed by atoms with Gasteiger partial charge in [0.25, 0.3) is 5.92 Å².